The van der Waals surface area contributed by atoms with Crippen LogP contribution in [0.1, 0.15) is 58.8 Å². The summed E-state index contributed by atoms with van der Waals surface area (Å²) in [6, 6.07) is 18.8. The molecule has 1 aliphatic carbocycles. The number of aromatic nitrogens is 3. The lowest BCUT2D eigenvalue weighted by molar-refractivity contribution is -0.154. The highest BCUT2D eigenvalue weighted by molar-refractivity contribution is 6.36. The zero-order chi connectivity index (χ0) is 39.9. The van der Waals surface area contributed by atoms with Crippen LogP contribution in [0.4, 0.5) is 30.8 Å². The van der Waals surface area contributed by atoms with Crippen molar-refractivity contribution >= 4 is 52.8 Å². The van der Waals surface area contributed by atoms with Crippen LogP contribution < -0.4 is 26.0 Å². The molecular weight excluding hydrogens is 759 g/mol. The lowest BCUT2D eigenvalue weighted by Crippen LogP contribution is -2.42. The molecule has 0 bridgehead atoms. The summed E-state index contributed by atoms with van der Waals surface area (Å²) in [5.41, 5.74) is 2.86. The average molecular weight is 796 g/mol. The van der Waals surface area contributed by atoms with Gasteiger partial charge in [0.05, 0.1) is 19.3 Å². The maximum atomic E-state index is 13.1. The molecule has 2 aliphatic rings. The predicted molar refractivity (Wildman–Crippen MR) is 196 cm³/mol. The Labute approximate surface area is 323 Å². The molecule has 56 heavy (non-hydrogen) atoms. The van der Waals surface area contributed by atoms with Crippen molar-refractivity contribution in [3.8, 4) is 6.01 Å². The number of rotatable bonds is 16. The zero-order valence-corrected chi connectivity index (χ0v) is 30.7. The molecule has 2 heterocycles. The van der Waals surface area contributed by atoms with Crippen LogP contribution in [0.25, 0.3) is 0 Å². The Hall–Kier alpha value is -5.81. The van der Waals surface area contributed by atoms with E-state index in [9.17, 15) is 32.3 Å². The number of ether oxygens (including phenoxy) is 3. The second-order valence-electron chi connectivity index (χ2n) is 13.1. The van der Waals surface area contributed by atoms with Crippen LogP contribution in [-0.2, 0) is 35.8 Å². The summed E-state index contributed by atoms with van der Waals surface area (Å²) >= 11 is 6.03. The number of nitrogens with zero attached hydrogens (tertiary/aromatic N) is 3. The topological polar surface area (TPSA) is 183 Å². The van der Waals surface area contributed by atoms with Crippen LogP contribution in [0.15, 0.2) is 72.8 Å². The van der Waals surface area contributed by atoms with E-state index in [2.05, 4.69) is 36.2 Å². The minimum atomic E-state index is -4.64. The Morgan fingerprint density at radius 3 is 2.38 bits per heavy atom. The van der Waals surface area contributed by atoms with Crippen molar-refractivity contribution in [1.82, 2.24) is 25.6 Å². The highest BCUT2D eigenvalue weighted by Gasteiger charge is 2.45. The van der Waals surface area contributed by atoms with Gasteiger partial charge in [-0.15, -0.1) is 0 Å². The van der Waals surface area contributed by atoms with Gasteiger partial charge in [-0.1, -0.05) is 48.0 Å². The number of Topliss-reactive ketones (excluding diaryl/α,β-unsaturated/α-hetero) is 1. The van der Waals surface area contributed by atoms with Gasteiger partial charge in [-0.05, 0) is 78.8 Å². The van der Waals surface area contributed by atoms with Gasteiger partial charge < -0.3 is 35.5 Å². The quantitative estimate of drug-likeness (QED) is 0.0843. The molecule has 1 unspecified atom stereocenters. The number of amides is 2. The van der Waals surface area contributed by atoms with Crippen molar-refractivity contribution in [2.45, 2.75) is 56.0 Å². The SMILES string of the molecule is COC(=O)[C@H](CCC(=O)C(=O)NCC1OCCc2ccccc21)NC(=O)c1ccc(Nc2nc(NC3(c4ccc(Cl)cc4)CC3)nc(OCC(F)(F)F)n2)cc1. The third-order valence-corrected chi connectivity index (χ3v) is 9.38. The van der Waals surface area contributed by atoms with Crippen LogP contribution in [0.3, 0.4) is 0 Å². The molecule has 4 aromatic rings. The number of methoxy groups -OCH3 is 1. The fraction of sp³-hybridized carbons (Fsp3) is 0.342. The minimum absolute atomic E-state index is 0.0306. The minimum Gasteiger partial charge on any atom is -0.467 e. The standard InChI is InChI=1S/C38H37ClF3N7O7/c1-54-33(53)28(14-15-29(50)32(52)43-20-30-27-5-3-2-4-22(27)16-19-55-30)45-31(51)23-6-12-26(13-7-23)44-34-46-35(48-36(47-34)56-21-38(40,41)42)49-37(17-18-37)24-8-10-25(39)11-9-24/h2-13,28,30H,14-21H2,1H3,(H,43,52)(H,45,51)(H2,44,46,47,48,49)/t28-,30?/m0/s1. The van der Waals surface area contributed by atoms with E-state index >= 15 is 0 Å². The predicted octanol–water partition coefficient (Wildman–Crippen LogP) is 5.36. The van der Waals surface area contributed by atoms with Crippen LogP contribution in [0.5, 0.6) is 6.01 Å². The number of nitrogens with one attached hydrogen (secondary N) is 4. The number of carbonyl (C=O) groups excluding carboxylic acids is 4. The van der Waals surface area contributed by atoms with Crippen molar-refractivity contribution < 1.29 is 46.6 Å². The Kier molecular flexibility index (Phi) is 12.3. The van der Waals surface area contributed by atoms with Crippen molar-refractivity contribution in [3.05, 3.63) is 100 Å². The first-order valence-corrected chi connectivity index (χ1v) is 17.9. The van der Waals surface area contributed by atoms with Gasteiger partial charge in [-0.25, -0.2) is 4.79 Å². The van der Waals surface area contributed by atoms with E-state index in [-0.39, 0.29) is 36.8 Å². The number of hydrogen-bond acceptors (Lipinski definition) is 12. The molecule has 18 heteroatoms. The van der Waals surface area contributed by atoms with E-state index in [1.807, 2.05) is 36.4 Å². The zero-order valence-electron chi connectivity index (χ0n) is 30.0. The first-order valence-electron chi connectivity index (χ1n) is 17.6. The third-order valence-electron chi connectivity index (χ3n) is 9.13. The highest BCUT2D eigenvalue weighted by atomic mass is 35.5. The van der Waals surface area contributed by atoms with Gasteiger partial charge in [-0.3, -0.25) is 14.4 Å². The lowest BCUT2D eigenvalue weighted by atomic mass is 9.97. The Morgan fingerprint density at radius 1 is 0.964 bits per heavy atom. The van der Waals surface area contributed by atoms with Crippen LogP contribution in [0.2, 0.25) is 5.02 Å². The summed E-state index contributed by atoms with van der Waals surface area (Å²) in [6.07, 6.45) is -3.43. The van der Waals surface area contributed by atoms with Gasteiger partial charge in [0.15, 0.2) is 6.61 Å². The van der Waals surface area contributed by atoms with Crippen molar-refractivity contribution in [2.24, 2.45) is 0 Å². The Morgan fingerprint density at radius 2 is 1.68 bits per heavy atom. The number of benzene rings is 3. The molecule has 4 N–H and O–H groups in total. The lowest BCUT2D eigenvalue weighted by Gasteiger charge is -2.26. The van der Waals surface area contributed by atoms with Crippen LogP contribution >= 0.6 is 11.6 Å². The summed E-state index contributed by atoms with van der Waals surface area (Å²) in [7, 11) is 1.13. The maximum Gasteiger partial charge on any atom is 0.422 e. The largest absolute Gasteiger partial charge is 0.467 e. The van der Waals surface area contributed by atoms with Gasteiger partial charge in [0.2, 0.25) is 17.7 Å². The molecule has 0 radical (unpaired) electrons. The average Bonchev–Trinajstić information content (AvgIpc) is 3.97. The molecule has 1 fully saturated rings. The smallest absolute Gasteiger partial charge is 0.422 e. The highest BCUT2D eigenvalue weighted by Crippen LogP contribution is 2.48. The summed E-state index contributed by atoms with van der Waals surface area (Å²) in [5.74, 6) is -3.29. The first-order chi connectivity index (χ1) is 26.8. The van der Waals surface area contributed by atoms with Crippen molar-refractivity contribution in [3.63, 3.8) is 0 Å². The van der Waals surface area contributed by atoms with E-state index in [1.165, 1.54) is 24.3 Å². The maximum absolute atomic E-state index is 13.1. The molecular formula is C38H37ClF3N7O7. The molecule has 2 amide bonds. The number of esters is 1. The van der Waals surface area contributed by atoms with E-state index in [1.54, 1.807) is 12.1 Å². The summed E-state index contributed by atoms with van der Waals surface area (Å²) < 4.78 is 54.3. The molecule has 294 valence electrons. The molecule has 0 saturated heterocycles. The van der Waals surface area contributed by atoms with Gasteiger partial charge in [0, 0.05) is 29.2 Å². The van der Waals surface area contributed by atoms with Crippen molar-refractivity contribution in [2.75, 3.05) is 37.5 Å². The number of carbonyl (C=O) groups is 4. The van der Waals surface area contributed by atoms with Gasteiger partial charge in [0.1, 0.15) is 12.1 Å². The second kappa shape index (κ2) is 17.3. The molecule has 6 rings (SSSR count). The fourth-order valence-electron chi connectivity index (χ4n) is 6.06. The number of hydrogen-bond donors (Lipinski definition) is 4. The Balaban J connectivity index is 1.06. The van der Waals surface area contributed by atoms with Crippen molar-refractivity contribution in [1.29, 1.82) is 0 Å². The van der Waals surface area contributed by atoms with E-state index < -0.39 is 60.0 Å². The Bertz CT molecular complexity index is 2070. The summed E-state index contributed by atoms with van der Waals surface area (Å²) in [4.78, 5) is 63.3. The van der Waals surface area contributed by atoms with Gasteiger partial charge in [-0.2, -0.15) is 28.1 Å². The second-order valence-corrected chi connectivity index (χ2v) is 13.6. The molecule has 1 aliphatic heterocycles. The molecule has 2 atom stereocenters. The number of ketones is 1. The van der Waals surface area contributed by atoms with Crippen LogP contribution in [0, 0.1) is 0 Å². The van der Waals surface area contributed by atoms with Gasteiger partial charge >= 0.3 is 18.2 Å². The molecule has 14 nitrogen and oxygen atoms in total. The number of fused-ring (bicyclic) bond motifs is 1. The summed E-state index contributed by atoms with van der Waals surface area (Å²) in [5, 5.41) is 11.7. The summed E-state index contributed by atoms with van der Waals surface area (Å²) in [6.45, 7) is -1.05. The molecule has 1 aromatic heterocycles. The molecule has 1 saturated carbocycles. The number of anilines is 3. The van der Waals surface area contributed by atoms with E-state index in [0.717, 1.165) is 30.2 Å². The van der Waals surface area contributed by atoms with E-state index in [4.69, 9.17) is 25.8 Å². The molecule has 0 spiro atoms. The first kappa shape index (κ1) is 39.9. The van der Waals surface area contributed by atoms with Gasteiger partial charge in [0.25, 0.3) is 11.8 Å². The van der Waals surface area contributed by atoms with Crippen LogP contribution in [-0.4, -0.2) is 77.6 Å². The number of halogens is 4. The normalized spacial score (nSPS) is 16.1. The molecule has 3 aromatic carbocycles. The fourth-order valence-corrected chi connectivity index (χ4v) is 6.18. The monoisotopic (exact) mass is 795 g/mol. The van der Waals surface area contributed by atoms with E-state index in [0.29, 0.717) is 30.2 Å². The number of alkyl halides is 3. The third kappa shape index (κ3) is 10.5.